The fourth-order valence-corrected chi connectivity index (χ4v) is 4.92. The van der Waals surface area contributed by atoms with Crippen LogP contribution < -0.4 is 0 Å². The molecule has 0 bridgehead atoms. The third-order valence-electron chi connectivity index (χ3n) is 4.60. The van der Waals surface area contributed by atoms with E-state index in [1.807, 2.05) is 6.07 Å². The lowest BCUT2D eigenvalue weighted by Gasteiger charge is -2.16. The largest absolute Gasteiger partial charge is 0.481 e. The van der Waals surface area contributed by atoms with E-state index in [1.165, 1.54) is 9.87 Å². The Balaban J connectivity index is 1.89. The number of aliphatic carboxylic acids is 1. The normalized spacial score (nSPS) is 26.0. The second-order valence-corrected chi connectivity index (χ2v) is 7.97. The molecule has 2 unspecified atom stereocenters. The van der Waals surface area contributed by atoms with Crippen LogP contribution in [0.2, 0.25) is 0 Å². The van der Waals surface area contributed by atoms with Crippen LogP contribution in [-0.4, -0.2) is 36.9 Å². The third-order valence-corrected chi connectivity index (χ3v) is 6.43. The molecule has 6 heteroatoms. The Hall–Kier alpha value is -1.40. The molecule has 2 atom stereocenters. The van der Waals surface area contributed by atoms with Crippen LogP contribution in [0.25, 0.3) is 0 Å². The van der Waals surface area contributed by atoms with E-state index in [0.29, 0.717) is 4.90 Å². The molecule has 1 aromatic carbocycles. The smallest absolute Gasteiger partial charge is 0.308 e. The summed E-state index contributed by atoms with van der Waals surface area (Å²) in [6.07, 6.45) is 3.00. The summed E-state index contributed by atoms with van der Waals surface area (Å²) in [5, 5.41) is 9.14. The zero-order chi connectivity index (χ0) is 15.2. The van der Waals surface area contributed by atoms with Crippen LogP contribution in [0.15, 0.2) is 23.1 Å². The Bertz CT molecular complexity index is 683. The molecule has 1 aliphatic heterocycles. The molecule has 1 N–H and O–H groups in total. The van der Waals surface area contributed by atoms with E-state index < -0.39 is 21.9 Å². The molecule has 1 fully saturated rings. The van der Waals surface area contributed by atoms with Gasteiger partial charge in [0.15, 0.2) is 0 Å². The number of carbonyl (C=O) groups is 1. The minimum Gasteiger partial charge on any atom is -0.481 e. The van der Waals surface area contributed by atoms with E-state index in [2.05, 4.69) is 0 Å². The number of carboxylic acids is 1. The number of hydrogen-bond donors (Lipinski definition) is 1. The lowest BCUT2D eigenvalue weighted by atomic mass is 9.99. The van der Waals surface area contributed by atoms with Gasteiger partial charge < -0.3 is 5.11 Å². The minimum atomic E-state index is -3.59. The predicted octanol–water partition coefficient (Wildman–Crippen LogP) is 1.52. The molecule has 1 saturated heterocycles. The van der Waals surface area contributed by atoms with Crippen molar-refractivity contribution < 1.29 is 18.3 Å². The first-order valence-electron chi connectivity index (χ1n) is 7.24. The summed E-state index contributed by atoms with van der Waals surface area (Å²) in [7, 11) is -3.59. The Kier molecular flexibility index (Phi) is 3.53. The van der Waals surface area contributed by atoms with Crippen LogP contribution in [0.1, 0.15) is 24.5 Å². The Morgan fingerprint density at radius 2 is 1.95 bits per heavy atom. The fourth-order valence-electron chi connectivity index (χ4n) is 3.30. The topological polar surface area (TPSA) is 74.7 Å². The van der Waals surface area contributed by atoms with Gasteiger partial charge in [-0.2, -0.15) is 4.31 Å². The van der Waals surface area contributed by atoms with Crippen molar-refractivity contribution >= 4 is 16.0 Å². The number of fused-ring (bicyclic) bond motifs is 1. The standard InChI is InChI=1S/C15H19NO4S/c1-10-8-16(9-14(10)15(17)18)21(19,20)13-6-5-11-3-2-4-12(11)7-13/h5-7,10,14H,2-4,8-9H2,1H3,(H,17,18). The van der Waals surface area contributed by atoms with Crippen molar-refractivity contribution in [3.8, 4) is 0 Å². The molecule has 114 valence electrons. The second kappa shape index (κ2) is 5.10. The van der Waals surface area contributed by atoms with Crippen LogP contribution in [0.5, 0.6) is 0 Å². The maximum Gasteiger partial charge on any atom is 0.308 e. The monoisotopic (exact) mass is 309 g/mol. The molecule has 0 spiro atoms. The molecule has 1 aromatic rings. The van der Waals surface area contributed by atoms with Crippen LogP contribution in [0.4, 0.5) is 0 Å². The Morgan fingerprint density at radius 1 is 1.24 bits per heavy atom. The molecule has 0 radical (unpaired) electrons. The van der Waals surface area contributed by atoms with Gasteiger partial charge in [0.2, 0.25) is 10.0 Å². The lowest BCUT2D eigenvalue weighted by molar-refractivity contribution is -0.142. The molecule has 1 aliphatic carbocycles. The van der Waals surface area contributed by atoms with Gasteiger partial charge in [0.05, 0.1) is 10.8 Å². The van der Waals surface area contributed by atoms with Gasteiger partial charge in [-0.3, -0.25) is 4.79 Å². The highest BCUT2D eigenvalue weighted by Crippen LogP contribution is 2.31. The quantitative estimate of drug-likeness (QED) is 0.918. The van der Waals surface area contributed by atoms with Gasteiger partial charge in [0.25, 0.3) is 0 Å². The van der Waals surface area contributed by atoms with Gasteiger partial charge in [0, 0.05) is 13.1 Å². The van der Waals surface area contributed by atoms with E-state index in [1.54, 1.807) is 19.1 Å². The highest BCUT2D eigenvalue weighted by molar-refractivity contribution is 7.89. The predicted molar refractivity (Wildman–Crippen MR) is 77.5 cm³/mol. The van der Waals surface area contributed by atoms with Crippen LogP contribution in [0.3, 0.4) is 0 Å². The summed E-state index contributed by atoms with van der Waals surface area (Å²) in [4.78, 5) is 11.4. The van der Waals surface area contributed by atoms with Crippen molar-refractivity contribution in [2.45, 2.75) is 31.1 Å². The van der Waals surface area contributed by atoms with Crippen molar-refractivity contribution in [2.75, 3.05) is 13.1 Å². The number of benzene rings is 1. The van der Waals surface area contributed by atoms with E-state index in [-0.39, 0.29) is 19.0 Å². The Labute approximate surface area is 124 Å². The molecule has 0 saturated carbocycles. The van der Waals surface area contributed by atoms with Crippen molar-refractivity contribution in [3.05, 3.63) is 29.3 Å². The van der Waals surface area contributed by atoms with Gasteiger partial charge >= 0.3 is 5.97 Å². The first-order valence-corrected chi connectivity index (χ1v) is 8.68. The number of hydrogen-bond acceptors (Lipinski definition) is 3. The maximum absolute atomic E-state index is 12.7. The van der Waals surface area contributed by atoms with Gasteiger partial charge in [-0.25, -0.2) is 8.42 Å². The molecule has 1 heterocycles. The zero-order valence-electron chi connectivity index (χ0n) is 11.9. The van der Waals surface area contributed by atoms with Crippen LogP contribution in [0, 0.1) is 11.8 Å². The molecule has 0 aromatic heterocycles. The summed E-state index contributed by atoms with van der Waals surface area (Å²) in [6, 6.07) is 5.30. The summed E-state index contributed by atoms with van der Waals surface area (Å²) >= 11 is 0. The number of carboxylic acid groups (broad SMARTS) is 1. The minimum absolute atomic E-state index is 0.0654. The molecule has 3 rings (SSSR count). The first-order chi connectivity index (χ1) is 9.89. The number of rotatable bonds is 3. The van der Waals surface area contributed by atoms with E-state index >= 15 is 0 Å². The molecule has 0 amide bonds. The summed E-state index contributed by atoms with van der Waals surface area (Å²) in [6.45, 7) is 2.13. The SMILES string of the molecule is CC1CN(S(=O)(=O)c2ccc3c(c2)CCC3)CC1C(=O)O. The Morgan fingerprint density at radius 3 is 2.62 bits per heavy atom. The summed E-state index contributed by atoms with van der Waals surface area (Å²) < 4.78 is 26.7. The highest BCUT2D eigenvalue weighted by Gasteiger charge is 2.40. The summed E-state index contributed by atoms with van der Waals surface area (Å²) in [5.74, 6) is -1.70. The maximum atomic E-state index is 12.7. The molecule has 21 heavy (non-hydrogen) atoms. The number of sulfonamides is 1. The van der Waals surface area contributed by atoms with Crippen molar-refractivity contribution in [1.82, 2.24) is 4.31 Å². The number of aryl methyl sites for hydroxylation is 2. The fraction of sp³-hybridized carbons (Fsp3) is 0.533. The molecular formula is C15H19NO4S. The van der Waals surface area contributed by atoms with Gasteiger partial charge in [-0.1, -0.05) is 13.0 Å². The molecule has 5 nitrogen and oxygen atoms in total. The summed E-state index contributed by atoms with van der Waals surface area (Å²) in [5.41, 5.74) is 2.34. The van der Waals surface area contributed by atoms with E-state index in [4.69, 9.17) is 5.11 Å². The number of nitrogens with zero attached hydrogens (tertiary/aromatic N) is 1. The van der Waals surface area contributed by atoms with Crippen molar-refractivity contribution in [1.29, 1.82) is 0 Å². The average Bonchev–Trinajstić information content (AvgIpc) is 3.03. The van der Waals surface area contributed by atoms with Gasteiger partial charge in [-0.15, -0.1) is 0 Å². The third kappa shape index (κ3) is 2.46. The van der Waals surface area contributed by atoms with E-state index in [0.717, 1.165) is 24.8 Å². The lowest BCUT2D eigenvalue weighted by Crippen LogP contribution is -2.30. The molecule has 2 aliphatic rings. The van der Waals surface area contributed by atoms with Crippen molar-refractivity contribution in [2.24, 2.45) is 11.8 Å². The van der Waals surface area contributed by atoms with Crippen LogP contribution >= 0.6 is 0 Å². The van der Waals surface area contributed by atoms with Crippen LogP contribution in [-0.2, 0) is 27.7 Å². The van der Waals surface area contributed by atoms with Crippen molar-refractivity contribution in [3.63, 3.8) is 0 Å². The van der Waals surface area contributed by atoms with Gasteiger partial charge in [-0.05, 0) is 48.4 Å². The second-order valence-electron chi connectivity index (χ2n) is 6.03. The van der Waals surface area contributed by atoms with Gasteiger partial charge in [0.1, 0.15) is 0 Å². The highest BCUT2D eigenvalue weighted by atomic mass is 32.2. The molecular weight excluding hydrogens is 290 g/mol. The first kappa shape index (κ1) is 14.5. The average molecular weight is 309 g/mol. The van der Waals surface area contributed by atoms with E-state index in [9.17, 15) is 13.2 Å². The zero-order valence-corrected chi connectivity index (χ0v) is 12.8.